The summed E-state index contributed by atoms with van der Waals surface area (Å²) in [7, 11) is -8.23. The summed E-state index contributed by atoms with van der Waals surface area (Å²) < 4.78 is 95.3. The molecule has 4 rings (SSSR count). The van der Waals surface area contributed by atoms with Crippen LogP contribution >= 0.6 is 11.3 Å². The van der Waals surface area contributed by atoms with Crippen molar-refractivity contribution in [2.45, 2.75) is 40.0 Å². The van der Waals surface area contributed by atoms with E-state index < -0.39 is 42.1 Å². The first-order valence-corrected chi connectivity index (χ1v) is 16.4. The summed E-state index contributed by atoms with van der Waals surface area (Å²) in [5.74, 6) is -0.908. The van der Waals surface area contributed by atoms with Crippen molar-refractivity contribution in [3.05, 3.63) is 70.6 Å². The van der Waals surface area contributed by atoms with Crippen LogP contribution in [0.3, 0.4) is 0 Å². The molecular formula is C26H27F3N4O7S3. The third-order valence-electron chi connectivity index (χ3n) is 6.62. The number of sulfonamides is 1. The molecule has 0 unspecified atom stereocenters. The Hall–Kier alpha value is -3.67. The molecule has 1 aliphatic rings. The maximum Gasteiger partial charge on any atom is 0.501 e. The Bertz CT molecular complexity index is 1730. The molecule has 43 heavy (non-hydrogen) atoms. The van der Waals surface area contributed by atoms with Gasteiger partial charge in [-0.1, -0.05) is 12.1 Å². The number of thiophene rings is 1. The number of sulfone groups is 1. The molecule has 1 aliphatic heterocycles. The highest BCUT2D eigenvalue weighted by atomic mass is 32.2. The second-order valence-corrected chi connectivity index (χ2v) is 14.7. The van der Waals surface area contributed by atoms with E-state index in [0.717, 1.165) is 23.5 Å². The maximum absolute atomic E-state index is 13.5. The van der Waals surface area contributed by atoms with Gasteiger partial charge in [0.25, 0.3) is 31.7 Å². The smallest absolute Gasteiger partial charge is 0.497 e. The lowest BCUT2D eigenvalue weighted by Gasteiger charge is -2.32. The van der Waals surface area contributed by atoms with Crippen LogP contribution in [0, 0.1) is 0 Å². The molecule has 4 N–H and O–H groups in total. The first-order chi connectivity index (χ1) is 20.1. The van der Waals surface area contributed by atoms with Gasteiger partial charge in [-0.15, -0.1) is 11.3 Å². The van der Waals surface area contributed by atoms with Crippen molar-refractivity contribution in [3.63, 3.8) is 0 Å². The standard InChI is InChI=1S/C26H27F3N4O7S3/c1-40-19-6-2-4-16(12-19)24(35)31-15-20-14-22(23(30)34)25(41-20)43(38,39)33-10-8-17(9-11-33)32-18-5-3-7-21(13-18)42(36,37)26(27,28)29/h2-7,12-14,17,32H,8-11,15H2,1H3,(H2,30,34)(H,31,35). The first-order valence-electron chi connectivity index (χ1n) is 12.7. The molecule has 11 nitrogen and oxygen atoms in total. The fourth-order valence-corrected chi connectivity index (χ4v) is 8.45. The number of carbonyl (C=O) groups excluding carboxylic acids is 2. The van der Waals surface area contributed by atoms with Gasteiger partial charge >= 0.3 is 5.51 Å². The van der Waals surface area contributed by atoms with Gasteiger partial charge in [-0.25, -0.2) is 16.8 Å². The highest BCUT2D eigenvalue weighted by Crippen LogP contribution is 2.33. The highest BCUT2D eigenvalue weighted by Gasteiger charge is 2.47. The van der Waals surface area contributed by atoms with Gasteiger partial charge in [0.2, 0.25) is 0 Å². The largest absolute Gasteiger partial charge is 0.501 e. The Labute approximate surface area is 249 Å². The van der Waals surface area contributed by atoms with Crippen molar-refractivity contribution in [1.82, 2.24) is 9.62 Å². The number of nitrogens with zero attached hydrogens (tertiary/aromatic N) is 1. The summed E-state index contributed by atoms with van der Waals surface area (Å²) in [6.45, 7) is -0.0390. The van der Waals surface area contributed by atoms with Gasteiger partial charge in [0.15, 0.2) is 0 Å². The average Bonchev–Trinajstić information content (AvgIpc) is 3.42. The maximum atomic E-state index is 13.5. The predicted molar refractivity (Wildman–Crippen MR) is 152 cm³/mol. The van der Waals surface area contributed by atoms with E-state index >= 15 is 0 Å². The zero-order valence-corrected chi connectivity index (χ0v) is 25.0. The van der Waals surface area contributed by atoms with Gasteiger partial charge in [-0.05, 0) is 55.3 Å². The summed E-state index contributed by atoms with van der Waals surface area (Å²) in [4.78, 5) is 24.2. The number of nitrogens with one attached hydrogen (secondary N) is 2. The van der Waals surface area contributed by atoms with Crippen molar-refractivity contribution in [3.8, 4) is 5.75 Å². The van der Waals surface area contributed by atoms with E-state index in [-0.39, 0.29) is 54.0 Å². The van der Waals surface area contributed by atoms with E-state index in [1.54, 1.807) is 18.2 Å². The molecule has 232 valence electrons. The van der Waals surface area contributed by atoms with Crippen LogP contribution in [0.15, 0.2) is 63.7 Å². The Morgan fingerprint density at radius 3 is 2.35 bits per heavy atom. The number of benzene rings is 2. The molecule has 0 bridgehead atoms. The minimum absolute atomic E-state index is 0.0125. The number of alkyl halides is 3. The molecule has 17 heteroatoms. The minimum atomic E-state index is -5.53. The van der Waals surface area contributed by atoms with E-state index in [9.17, 15) is 39.6 Å². The molecule has 0 atom stereocenters. The van der Waals surface area contributed by atoms with Crippen LogP contribution in [0.2, 0.25) is 0 Å². The molecule has 3 aromatic rings. The first kappa shape index (κ1) is 32.2. The lowest BCUT2D eigenvalue weighted by atomic mass is 10.1. The Morgan fingerprint density at radius 2 is 1.72 bits per heavy atom. The monoisotopic (exact) mass is 660 g/mol. The van der Waals surface area contributed by atoms with Crippen LogP contribution in [0.25, 0.3) is 0 Å². The van der Waals surface area contributed by atoms with E-state index in [1.807, 2.05) is 0 Å². The van der Waals surface area contributed by atoms with E-state index in [0.29, 0.717) is 16.2 Å². The molecule has 0 saturated carbocycles. The van der Waals surface area contributed by atoms with Crippen LogP contribution in [-0.4, -0.2) is 64.7 Å². The number of hydrogen-bond acceptors (Lipinski definition) is 9. The van der Waals surface area contributed by atoms with E-state index in [4.69, 9.17) is 10.5 Å². The third kappa shape index (κ3) is 7.11. The van der Waals surface area contributed by atoms with Crippen molar-refractivity contribution in [1.29, 1.82) is 0 Å². The molecule has 1 aromatic heterocycles. The van der Waals surface area contributed by atoms with E-state index in [2.05, 4.69) is 10.6 Å². The summed E-state index contributed by atoms with van der Waals surface area (Å²) in [6, 6.07) is 11.7. The zero-order chi connectivity index (χ0) is 31.6. The van der Waals surface area contributed by atoms with Gasteiger partial charge in [-0.3, -0.25) is 9.59 Å². The quantitative estimate of drug-likeness (QED) is 0.298. The number of ether oxygens (including phenoxy) is 1. The number of nitrogens with two attached hydrogens (primary N) is 1. The van der Waals surface area contributed by atoms with Crippen molar-refractivity contribution >= 4 is 48.7 Å². The molecule has 2 heterocycles. The Balaban J connectivity index is 1.43. The molecular weight excluding hydrogens is 634 g/mol. The lowest BCUT2D eigenvalue weighted by Crippen LogP contribution is -2.42. The number of halogens is 3. The van der Waals surface area contributed by atoms with Crippen molar-refractivity contribution < 1.29 is 44.3 Å². The number of methoxy groups -OCH3 is 1. The third-order valence-corrected chi connectivity index (χ3v) is 11.6. The summed E-state index contributed by atoms with van der Waals surface area (Å²) in [5, 5.41) is 5.64. The number of piperidine rings is 1. The van der Waals surface area contributed by atoms with Crippen LogP contribution in [0.4, 0.5) is 18.9 Å². The number of amides is 2. The van der Waals surface area contributed by atoms with Crippen LogP contribution < -0.4 is 21.1 Å². The highest BCUT2D eigenvalue weighted by molar-refractivity contribution is 7.92. The predicted octanol–water partition coefficient (Wildman–Crippen LogP) is 3.34. The molecule has 2 aromatic carbocycles. The molecule has 1 saturated heterocycles. The van der Waals surface area contributed by atoms with Gasteiger partial charge < -0.3 is 21.1 Å². The lowest BCUT2D eigenvalue weighted by molar-refractivity contribution is -0.0436. The summed E-state index contributed by atoms with van der Waals surface area (Å²) in [6.07, 6.45) is 0.492. The van der Waals surface area contributed by atoms with Crippen molar-refractivity contribution in [2.75, 3.05) is 25.5 Å². The number of carbonyl (C=O) groups is 2. The molecule has 1 fully saturated rings. The Morgan fingerprint density at radius 1 is 1.05 bits per heavy atom. The average molecular weight is 661 g/mol. The SMILES string of the molecule is COc1cccc(C(=O)NCc2cc(C(N)=O)c(S(=O)(=O)N3CCC(Nc4cccc(S(=O)(=O)C(F)(F)F)c4)CC3)s2)c1. The van der Waals surface area contributed by atoms with Crippen LogP contribution in [0.5, 0.6) is 5.75 Å². The van der Waals surface area contributed by atoms with E-state index in [1.165, 1.54) is 35.7 Å². The van der Waals surface area contributed by atoms with Crippen LogP contribution in [-0.2, 0) is 26.4 Å². The fraction of sp³-hybridized carbons (Fsp3) is 0.308. The number of anilines is 1. The number of primary amides is 1. The normalized spacial score (nSPS) is 15.2. The molecule has 0 radical (unpaired) electrons. The zero-order valence-electron chi connectivity index (χ0n) is 22.5. The fourth-order valence-electron chi connectivity index (χ4n) is 4.39. The number of rotatable bonds is 10. The molecule has 2 amide bonds. The second-order valence-electron chi connectivity index (χ2n) is 9.49. The van der Waals surface area contributed by atoms with Gasteiger partial charge in [-0.2, -0.15) is 17.5 Å². The van der Waals surface area contributed by atoms with Crippen LogP contribution in [0.1, 0.15) is 38.4 Å². The Kier molecular flexibility index (Phi) is 9.39. The van der Waals surface area contributed by atoms with Gasteiger partial charge in [0.1, 0.15) is 9.96 Å². The van der Waals surface area contributed by atoms with Gasteiger partial charge in [0, 0.05) is 35.3 Å². The second kappa shape index (κ2) is 12.5. The molecule has 0 aliphatic carbocycles. The minimum Gasteiger partial charge on any atom is -0.497 e. The topological polar surface area (TPSA) is 165 Å². The van der Waals surface area contributed by atoms with Crippen molar-refractivity contribution in [2.24, 2.45) is 5.73 Å². The summed E-state index contributed by atoms with van der Waals surface area (Å²) >= 11 is 0.808. The number of hydrogen-bond donors (Lipinski definition) is 3. The summed E-state index contributed by atoms with van der Waals surface area (Å²) in [5.41, 5.74) is 0.279. The molecule has 0 spiro atoms. The van der Waals surface area contributed by atoms with Gasteiger partial charge in [0.05, 0.1) is 24.1 Å².